The monoisotopic (exact) mass is 426 g/mol. The van der Waals surface area contributed by atoms with Gasteiger partial charge in [-0.05, 0) is 48.4 Å². The molecule has 0 saturated heterocycles. The third-order valence-corrected chi connectivity index (χ3v) is 4.61. The van der Waals surface area contributed by atoms with Gasteiger partial charge in [0.15, 0.2) is 17.6 Å². The molecule has 0 N–H and O–H groups in total. The summed E-state index contributed by atoms with van der Waals surface area (Å²) in [6.45, 7) is 4.30. The highest BCUT2D eigenvalue weighted by Crippen LogP contribution is 2.28. The van der Waals surface area contributed by atoms with E-state index in [9.17, 15) is 4.79 Å². The molecular weight excluding hydrogens is 404 g/mol. The van der Waals surface area contributed by atoms with Crippen LogP contribution < -0.4 is 9.47 Å². The minimum Gasteiger partial charge on any atom is -0.493 e. The molecule has 1 aromatic heterocycles. The van der Waals surface area contributed by atoms with Gasteiger partial charge in [-0.2, -0.15) is 0 Å². The average Bonchev–Trinajstić information content (AvgIpc) is 3.26. The number of carbonyl (C=O) groups is 1. The van der Waals surface area contributed by atoms with Crippen LogP contribution >= 0.6 is 11.6 Å². The van der Waals surface area contributed by atoms with Crippen molar-refractivity contribution in [3.05, 3.63) is 90.0 Å². The van der Waals surface area contributed by atoms with Gasteiger partial charge in [0, 0.05) is 17.4 Å². The van der Waals surface area contributed by atoms with Gasteiger partial charge in [-0.3, -0.25) is 0 Å². The van der Waals surface area contributed by atoms with Gasteiger partial charge in [-0.1, -0.05) is 23.7 Å². The van der Waals surface area contributed by atoms with Gasteiger partial charge < -0.3 is 18.8 Å². The molecule has 0 bridgehead atoms. The van der Waals surface area contributed by atoms with Crippen LogP contribution in [0.25, 0.3) is 0 Å². The first kappa shape index (κ1) is 21.5. The van der Waals surface area contributed by atoms with Crippen LogP contribution in [0.2, 0.25) is 5.02 Å². The molecule has 7 heteroatoms. The number of carbonyl (C=O) groups excluding carboxylic acids is 1. The molecule has 156 valence electrons. The summed E-state index contributed by atoms with van der Waals surface area (Å²) in [5.41, 5.74) is 1.49. The Morgan fingerprint density at radius 2 is 2.03 bits per heavy atom. The third-order valence-electron chi connectivity index (χ3n) is 4.36. The molecule has 2 aromatic carbocycles. The lowest BCUT2D eigenvalue weighted by atomic mass is 10.1. The number of esters is 1. The van der Waals surface area contributed by atoms with E-state index in [1.807, 2.05) is 28.8 Å². The van der Waals surface area contributed by atoms with Crippen LogP contribution in [0.15, 0.2) is 73.8 Å². The van der Waals surface area contributed by atoms with Crippen molar-refractivity contribution in [3.63, 3.8) is 0 Å². The first-order chi connectivity index (χ1) is 14.6. The zero-order valence-corrected chi connectivity index (χ0v) is 17.4. The van der Waals surface area contributed by atoms with Crippen molar-refractivity contribution < 1.29 is 19.0 Å². The van der Waals surface area contributed by atoms with E-state index in [1.54, 1.807) is 50.1 Å². The van der Waals surface area contributed by atoms with E-state index in [0.29, 0.717) is 28.6 Å². The topological polar surface area (TPSA) is 62.6 Å². The molecule has 0 aliphatic carbocycles. The molecule has 0 fully saturated rings. The maximum absolute atomic E-state index is 12.6. The number of allylic oxidation sites excluding steroid dienone is 1. The summed E-state index contributed by atoms with van der Waals surface area (Å²) in [6.07, 6.45) is 7.15. The highest BCUT2D eigenvalue weighted by Gasteiger charge is 2.19. The van der Waals surface area contributed by atoms with Crippen LogP contribution in [-0.2, 0) is 17.7 Å². The maximum Gasteiger partial charge on any atom is 0.338 e. The molecule has 3 aromatic rings. The van der Waals surface area contributed by atoms with Crippen molar-refractivity contribution in [1.82, 2.24) is 9.55 Å². The molecule has 3 rings (SSSR count). The summed E-state index contributed by atoms with van der Waals surface area (Å²) < 4.78 is 18.9. The second-order valence-electron chi connectivity index (χ2n) is 6.58. The number of rotatable bonds is 10. The number of hydrogen-bond acceptors (Lipinski definition) is 5. The lowest BCUT2D eigenvalue weighted by Crippen LogP contribution is -2.29. The van der Waals surface area contributed by atoms with Gasteiger partial charge in [-0.15, -0.1) is 6.58 Å². The summed E-state index contributed by atoms with van der Waals surface area (Å²) in [4.78, 5) is 16.6. The SMILES string of the molecule is C=CCc1ccc(OCC(Cn2ccnc2)OC(=O)c2ccc(Cl)cc2)c(OC)c1. The molecule has 1 heterocycles. The quantitative estimate of drug-likeness (QED) is 0.351. The van der Waals surface area contributed by atoms with Crippen molar-refractivity contribution in [2.75, 3.05) is 13.7 Å². The molecule has 0 spiro atoms. The van der Waals surface area contributed by atoms with E-state index in [2.05, 4.69) is 11.6 Å². The van der Waals surface area contributed by atoms with Crippen molar-refractivity contribution in [3.8, 4) is 11.5 Å². The fraction of sp³-hybridized carbons (Fsp3) is 0.217. The predicted molar refractivity (Wildman–Crippen MR) is 115 cm³/mol. The Kier molecular flexibility index (Phi) is 7.51. The molecule has 0 saturated carbocycles. The summed E-state index contributed by atoms with van der Waals surface area (Å²) >= 11 is 5.89. The molecule has 30 heavy (non-hydrogen) atoms. The van der Waals surface area contributed by atoms with Crippen LogP contribution in [0.3, 0.4) is 0 Å². The normalized spacial score (nSPS) is 11.5. The van der Waals surface area contributed by atoms with Crippen molar-refractivity contribution in [2.24, 2.45) is 0 Å². The first-order valence-corrected chi connectivity index (χ1v) is 9.79. The second-order valence-corrected chi connectivity index (χ2v) is 7.02. The largest absolute Gasteiger partial charge is 0.493 e. The fourth-order valence-electron chi connectivity index (χ4n) is 2.87. The van der Waals surface area contributed by atoms with Gasteiger partial charge in [0.05, 0.1) is 25.5 Å². The number of ether oxygens (including phenoxy) is 3. The number of methoxy groups -OCH3 is 1. The van der Waals surface area contributed by atoms with Gasteiger partial charge >= 0.3 is 5.97 Å². The van der Waals surface area contributed by atoms with E-state index in [4.69, 9.17) is 25.8 Å². The molecule has 1 unspecified atom stereocenters. The number of benzene rings is 2. The second kappa shape index (κ2) is 10.5. The van der Waals surface area contributed by atoms with Gasteiger partial charge in [0.25, 0.3) is 0 Å². The van der Waals surface area contributed by atoms with E-state index >= 15 is 0 Å². The lowest BCUT2D eigenvalue weighted by Gasteiger charge is -2.20. The van der Waals surface area contributed by atoms with Gasteiger partial charge in [0.2, 0.25) is 0 Å². The first-order valence-electron chi connectivity index (χ1n) is 9.42. The van der Waals surface area contributed by atoms with Gasteiger partial charge in [0.1, 0.15) is 6.61 Å². The van der Waals surface area contributed by atoms with E-state index in [0.717, 1.165) is 12.0 Å². The molecule has 0 aliphatic heterocycles. The summed E-state index contributed by atoms with van der Waals surface area (Å²) in [5.74, 6) is 0.733. The number of imidazole rings is 1. The number of aromatic nitrogens is 2. The third kappa shape index (κ3) is 5.87. The maximum atomic E-state index is 12.6. The van der Waals surface area contributed by atoms with E-state index in [-0.39, 0.29) is 6.61 Å². The molecular formula is C23H23ClN2O4. The Labute approximate surface area is 180 Å². The van der Waals surface area contributed by atoms with Crippen LogP contribution in [0.1, 0.15) is 15.9 Å². The Morgan fingerprint density at radius 1 is 1.23 bits per heavy atom. The van der Waals surface area contributed by atoms with Gasteiger partial charge in [-0.25, -0.2) is 9.78 Å². The summed E-state index contributed by atoms with van der Waals surface area (Å²) in [6, 6.07) is 12.2. The van der Waals surface area contributed by atoms with Crippen molar-refractivity contribution in [2.45, 2.75) is 19.1 Å². The fourth-order valence-corrected chi connectivity index (χ4v) is 2.99. The van der Waals surface area contributed by atoms with E-state index in [1.165, 1.54) is 0 Å². The zero-order valence-electron chi connectivity index (χ0n) is 16.7. The van der Waals surface area contributed by atoms with Crippen molar-refractivity contribution >= 4 is 17.6 Å². The van der Waals surface area contributed by atoms with E-state index < -0.39 is 12.1 Å². The number of nitrogens with zero attached hydrogens (tertiary/aromatic N) is 2. The Balaban J connectivity index is 1.72. The Hall–Kier alpha value is -3.25. The van der Waals surface area contributed by atoms with Crippen LogP contribution in [-0.4, -0.2) is 35.3 Å². The minimum atomic E-state index is -0.542. The van der Waals surface area contributed by atoms with Crippen LogP contribution in [0.4, 0.5) is 0 Å². The Bertz CT molecular complexity index is 971. The zero-order chi connectivity index (χ0) is 21.3. The Morgan fingerprint density at radius 3 is 2.70 bits per heavy atom. The average molecular weight is 427 g/mol. The smallest absolute Gasteiger partial charge is 0.338 e. The van der Waals surface area contributed by atoms with Crippen LogP contribution in [0, 0.1) is 0 Å². The lowest BCUT2D eigenvalue weighted by molar-refractivity contribution is 0.0122. The highest BCUT2D eigenvalue weighted by atomic mass is 35.5. The van der Waals surface area contributed by atoms with Crippen molar-refractivity contribution in [1.29, 1.82) is 0 Å². The molecule has 0 radical (unpaired) electrons. The predicted octanol–water partition coefficient (Wildman–Crippen LogP) is 4.58. The molecule has 0 aliphatic rings. The standard InChI is InChI=1S/C23H23ClN2O4/c1-3-4-17-5-10-21(22(13-17)28-2)29-15-20(14-26-12-11-25-16-26)30-23(27)18-6-8-19(24)9-7-18/h3,5-13,16,20H,1,4,14-15H2,2H3. The molecule has 6 nitrogen and oxygen atoms in total. The number of halogens is 1. The molecule has 1 atom stereocenters. The highest BCUT2D eigenvalue weighted by molar-refractivity contribution is 6.30. The summed E-state index contributed by atoms with van der Waals surface area (Å²) in [5, 5.41) is 0.553. The minimum absolute atomic E-state index is 0.147. The molecule has 0 amide bonds. The number of hydrogen-bond donors (Lipinski definition) is 0. The summed E-state index contributed by atoms with van der Waals surface area (Å²) in [7, 11) is 1.59. The van der Waals surface area contributed by atoms with Crippen LogP contribution in [0.5, 0.6) is 11.5 Å².